The van der Waals surface area contributed by atoms with Gasteiger partial charge in [0.15, 0.2) is 0 Å². The van der Waals surface area contributed by atoms with Crippen LogP contribution in [0.5, 0.6) is 0 Å². The van der Waals surface area contributed by atoms with Gasteiger partial charge in [0.05, 0.1) is 12.7 Å². The summed E-state index contributed by atoms with van der Waals surface area (Å²) in [5.74, 6) is 0. The molecule has 0 amide bonds. The summed E-state index contributed by atoms with van der Waals surface area (Å²) in [5, 5.41) is 3.58. The van der Waals surface area contributed by atoms with Gasteiger partial charge in [0, 0.05) is 44.1 Å². The van der Waals surface area contributed by atoms with E-state index in [1.807, 2.05) is 0 Å². The molecule has 1 unspecified atom stereocenters. The first-order valence-corrected chi connectivity index (χ1v) is 7.56. The molecule has 4 heteroatoms. The van der Waals surface area contributed by atoms with Gasteiger partial charge >= 0.3 is 0 Å². The van der Waals surface area contributed by atoms with E-state index < -0.39 is 0 Å². The largest absolute Gasteiger partial charge is 0.374 e. The molecule has 3 rings (SSSR count). The van der Waals surface area contributed by atoms with Crippen LogP contribution in [0.3, 0.4) is 0 Å². The van der Waals surface area contributed by atoms with Crippen molar-refractivity contribution in [2.75, 3.05) is 26.2 Å². The molecule has 1 saturated heterocycles. The van der Waals surface area contributed by atoms with Crippen molar-refractivity contribution >= 4 is 0 Å². The van der Waals surface area contributed by atoms with E-state index in [1.165, 1.54) is 18.5 Å². The fourth-order valence-electron chi connectivity index (χ4n) is 2.72. The highest BCUT2D eigenvalue weighted by Gasteiger charge is 2.22. The Balaban J connectivity index is 1.54. The third-order valence-corrected chi connectivity index (χ3v) is 4.14. The van der Waals surface area contributed by atoms with Crippen LogP contribution in [0.25, 0.3) is 0 Å². The van der Waals surface area contributed by atoms with Crippen LogP contribution in [0.1, 0.15) is 25.5 Å². The summed E-state index contributed by atoms with van der Waals surface area (Å²) in [4.78, 5) is 2.47. The molecule has 4 nitrogen and oxygen atoms in total. The van der Waals surface area contributed by atoms with Gasteiger partial charge in [-0.25, -0.2) is 0 Å². The molecule has 1 aliphatic heterocycles. The van der Waals surface area contributed by atoms with Crippen LogP contribution in [-0.4, -0.2) is 47.9 Å². The van der Waals surface area contributed by atoms with Gasteiger partial charge in [-0.1, -0.05) is 6.92 Å². The van der Waals surface area contributed by atoms with Gasteiger partial charge in [-0.2, -0.15) is 0 Å². The zero-order valence-corrected chi connectivity index (χ0v) is 11.8. The second-order valence-corrected chi connectivity index (χ2v) is 5.69. The average Bonchev–Trinajstić information content (AvgIpc) is 3.17. The molecular formula is C15H25N3O. The van der Waals surface area contributed by atoms with Gasteiger partial charge in [-0.15, -0.1) is 0 Å². The number of likely N-dealkylation sites (N-methyl/N-ethyl adjacent to an activating group) is 1. The number of morpholine rings is 1. The lowest BCUT2D eigenvalue weighted by Gasteiger charge is -2.32. The van der Waals surface area contributed by atoms with Crippen LogP contribution in [0.15, 0.2) is 18.3 Å². The molecule has 106 valence electrons. The van der Waals surface area contributed by atoms with Crippen molar-refractivity contribution in [3.8, 4) is 0 Å². The van der Waals surface area contributed by atoms with E-state index in [9.17, 15) is 0 Å². The van der Waals surface area contributed by atoms with Crippen molar-refractivity contribution in [2.24, 2.45) is 0 Å². The summed E-state index contributed by atoms with van der Waals surface area (Å²) in [7, 11) is 0. The first-order valence-electron chi connectivity index (χ1n) is 7.56. The number of nitrogens with zero attached hydrogens (tertiary/aromatic N) is 2. The van der Waals surface area contributed by atoms with Crippen LogP contribution in [0.2, 0.25) is 0 Å². The highest BCUT2D eigenvalue weighted by molar-refractivity contribution is 5.08. The van der Waals surface area contributed by atoms with Crippen LogP contribution >= 0.6 is 0 Å². The topological polar surface area (TPSA) is 29.4 Å². The fourth-order valence-corrected chi connectivity index (χ4v) is 2.72. The zero-order valence-electron chi connectivity index (χ0n) is 11.8. The van der Waals surface area contributed by atoms with E-state index in [1.54, 1.807) is 0 Å². The summed E-state index contributed by atoms with van der Waals surface area (Å²) in [6.07, 6.45) is 5.20. The molecule has 1 aromatic heterocycles. The fraction of sp³-hybridized carbons (Fsp3) is 0.733. The predicted octanol–water partition coefficient (Wildman–Crippen LogP) is 1.46. The van der Waals surface area contributed by atoms with Gasteiger partial charge < -0.3 is 14.6 Å². The molecule has 2 heterocycles. The third-order valence-electron chi connectivity index (χ3n) is 4.14. The summed E-state index contributed by atoms with van der Waals surface area (Å²) < 4.78 is 8.24. The van der Waals surface area contributed by atoms with Crippen molar-refractivity contribution in [3.63, 3.8) is 0 Å². The van der Waals surface area contributed by atoms with Crippen LogP contribution in [0, 0.1) is 0 Å². The Morgan fingerprint density at radius 1 is 1.42 bits per heavy atom. The summed E-state index contributed by atoms with van der Waals surface area (Å²) in [6.45, 7) is 8.33. The van der Waals surface area contributed by atoms with Gasteiger partial charge in [0.2, 0.25) is 0 Å². The predicted molar refractivity (Wildman–Crippen MR) is 76.1 cm³/mol. The van der Waals surface area contributed by atoms with Gasteiger partial charge in [0.1, 0.15) is 0 Å². The molecule has 2 fully saturated rings. The SMILES string of the molecule is CCN1CCOC(Cn2cccc2CNC2CC2)C1. The second kappa shape index (κ2) is 6.07. The lowest BCUT2D eigenvalue weighted by Crippen LogP contribution is -2.44. The van der Waals surface area contributed by atoms with E-state index in [0.717, 1.165) is 45.4 Å². The first kappa shape index (κ1) is 13.2. The van der Waals surface area contributed by atoms with Crippen molar-refractivity contribution in [1.29, 1.82) is 0 Å². The minimum absolute atomic E-state index is 0.334. The van der Waals surface area contributed by atoms with E-state index in [2.05, 4.69) is 40.0 Å². The zero-order chi connectivity index (χ0) is 13.1. The summed E-state index contributed by atoms with van der Waals surface area (Å²) in [5.41, 5.74) is 1.38. The smallest absolute Gasteiger partial charge is 0.0881 e. The standard InChI is InChI=1S/C15H25N3O/c1-2-17-8-9-19-15(11-17)12-18-7-3-4-14(18)10-16-13-5-6-13/h3-4,7,13,15-16H,2,5-6,8-12H2,1H3. The monoisotopic (exact) mass is 263 g/mol. The molecule has 0 radical (unpaired) electrons. The number of hydrogen-bond donors (Lipinski definition) is 1. The van der Waals surface area contributed by atoms with Crippen molar-refractivity contribution < 1.29 is 4.74 Å². The Labute approximate surface area is 115 Å². The Hall–Kier alpha value is -0.840. The van der Waals surface area contributed by atoms with E-state index in [-0.39, 0.29) is 0 Å². The Morgan fingerprint density at radius 2 is 2.32 bits per heavy atom. The molecule has 0 aromatic carbocycles. The number of hydrogen-bond acceptors (Lipinski definition) is 3. The molecule has 1 N–H and O–H groups in total. The average molecular weight is 263 g/mol. The highest BCUT2D eigenvalue weighted by Crippen LogP contribution is 2.19. The Morgan fingerprint density at radius 3 is 3.11 bits per heavy atom. The van der Waals surface area contributed by atoms with Gasteiger partial charge in [-0.05, 0) is 31.5 Å². The van der Waals surface area contributed by atoms with Crippen molar-refractivity contribution in [3.05, 3.63) is 24.0 Å². The minimum Gasteiger partial charge on any atom is -0.374 e. The Kier molecular flexibility index (Phi) is 4.21. The maximum atomic E-state index is 5.89. The van der Waals surface area contributed by atoms with Crippen molar-refractivity contribution in [1.82, 2.24) is 14.8 Å². The Bertz CT molecular complexity index is 400. The van der Waals surface area contributed by atoms with E-state index in [4.69, 9.17) is 4.74 Å². The molecule has 1 aliphatic carbocycles. The number of rotatable bonds is 6. The lowest BCUT2D eigenvalue weighted by molar-refractivity contribution is -0.0345. The lowest BCUT2D eigenvalue weighted by atomic mass is 10.2. The molecular weight excluding hydrogens is 238 g/mol. The second-order valence-electron chi connectivity index (χ2n) is 5.69. The normalized spacial score (nSPS) is 24.8. The molecule has 0 spiro atoms. The number of ether oxygens (including phenoxy) is 1. The van der Waals surface area contributed by atoms with Gasteiger partial charge in [0.25, 0.3) is 0 Å². The first-order chi connectivity index (χ1) is 9.35. The number of aromatic nitrogens is 1. The van der Waals surface area contributed by atoms with Gasteiger partial charge in [-0.3, -0.25) is 4.90 Å². The molecule has 2 aliphatic rings. The van der Waals surface area contributed by atoms with E-state index >= 15 is 0 Å². The highest BCUT2D eigenvalue weighted by atomic mass is 16.5. The number of nitrogens with one attached hydrogen (secondary N) is 1. The molecule has 1 saturated carbocycles. The summed E-state index contributed by atoms with van der Waals surface area (Å²) >= 11 is 0. The van der Waals surface area contributed by atoms with Crippen LogP contribution in [-0.2, 0) is 17.8 Å². The third kappa shape index (κ3) is 3.59. The quantitative estimate of drug-likeness (QED) is 0.842. The summed E-state index contributed by atoms with van der Waals surface area (Å²) in [6, 6.07) is 5.13. The molecule has 19 heavy (non-hydrogen) atoms. The maximum Gasteiger partial charge on any atom is 0.0881 e. The molecule has 1 atom stereocenters. The van der Waals surface area contributed by atoms with Crippen molar-refractivity contribution in [2.45, 2.75) is 45.0 Å². The molecule has 1 aromatic rings. The van der Waals surface area contributed by atoms with E-state index in [0.29, 0.717) is 6.10 Å². The minimum atomic E-state index is 0.334. The van der Waals surface area contributed by atoms with Crippen LogP contribution < -0.4 is 5.32 Å². The van der Waals surface area contributed by atoms with Crippen LogP contribution in [0.4, 0.5) is 0 Å². The molecule has 0 bridgehead atoms. The maximum absolute atomic E-state index is 5.89.